The van der Waals surface area contributed by atoms with Gasteiger partial charge in [0.1, 0.15) is 0 Å². The molecule has 1 aliphatic heterocycles. The Bertz CT molecular complexity index is 1670. The van der Waals surface area contributed by atoms with Gasteiger partial charge in [-0.15, -0.1) is 0 Å². The Morgan fingerprint density at radius 1 is 0.537 bits per heavy atom. The summed E-state index contributed by atoms with van der Waals surface area (Å²) in [5, 5.41) is 3.48. The molecule has 0 saturated carbocycles. The summed E-state index contributed by atoms with van der Waals surface area (Å²) in [7, 11) is 0. The van der Waals surface area contributed by atoms with Crippen LogP contribution in [0.2, 0.25) is 0 Å². The fourth-order valence-electron chi connectivity index (χ4n) is 4.92. The molecule has 0 bridgehead atoms. The van der Waals surface area contributed by atoms with E-state index >= 15 is 0 Å². The maximum absolute atomic E-state index is 5.85. The minimum absolute atomic E-state index is 0.775. The third-order valence-corrected chi connectivity index (χ3v) is 7.04. The van der Waals surface area contributed by atoms with Crippen molar-refractivity contribution in [2.45, 2.75) is 0 Å². The van der Waals surface area contributed by atoms with Gasteiger partial charge in [0, 0.05) is 23.3 Å². The van der Waals surface area contributed by atoms with E-state index < -0.39 is 0 Å². The first-order valence-electron chi connectivity index (χ1n) is 13.7. The predicted molar refractivity (Wildman–Crippen MR) is 174 cm³/mol. The molecule has 3 N–H and O–H groups in total. The van der Waals surface area contributed by atoms with E-state index in [0.717, 1.165) is 39.6 Å². The monoisotopic (exact) mass is 529 g/mol. The van der Waals surface area contributed by atoms with Crippen LogP contribution in [0.25, 0.3) is 28.3 Å². The van der Waals surface area contributed by atoms with Gasteiger partial charge in [-0.25, -0.2) is 0 Å². The maximum atomic E-state index is 5.85. The summed E-state index contributed by atoms with van der Waals surface area (Å²) >= 11 is 0. The second kappa shape index (κ2) is 12.1. The number of nitrogens with zero attached hydrogens (tertiary/aromatic N) is 1. The third kappa shape index (κ3) is 6.05. The summed E-state index contributed by atoms with van der Waals surface area (Å²) in [6, 6.07) is 46.3. The highest BCUT2D eigenvalue weighted by molar-refractivity contribution is 5.78. The van der Waals surface area contributed by atoms with Crippen molar-refractivity contribution in [3.63, 3.8) is 0 Å². The molecular weight excluding hydrogens is 498 g/mol. The average molecular weight is 530 g/mol. The summed E-state index contributed by atoms with van der Waals surface area (Å²) in [5.41, 5.74) is 16.6. The van der Waals surface area contributed by atoms with Gasteiger partial charge >= 0.3 is 0 Å². The number of benzene rings is 5. The first-order chi connectivity index (χ1) is 20.2. The van der Waals surface area contributed by atoms with Gasteiger partial charge in [-0.2, -0.15) is 0 Å². The lowest BCUT2D eigenvalue weighted by Gasteiger charge is -2.29. The van der Waals surface area contributed by atoms with Gasteiger partial charge < -0.3 is 16.0 Å². The molecule has 0 aromatic heterocycles. The molecule has 5 aromatic rings. The molecule has 1 aliphatic rings. The fourth-order valence-corrected chi connectivity index (χ4v) is 4.92. The van der Waals surface area contributed by atoms with Gasteiger partial charge in [-0.05, 0) is 82.4 Å². The first kappa shape index (κ1) is 25.7. The van der Waals surface area contributed by atoms with Gasteiger partial charge in [0.25, 0.3) is 0 Å². The minimum atomic E-state index is 0.775. The Morgan fingerprint density at radius 3 is 1.56 bits per heavy atom. The largest absolute Gasteiger partial charge is 0.399 e. The lowest BCUT2D eigenvalue weighted by atomic mass is 9.99. The van der Waals surface area contributed by atoms with Crippen molar-refractivity contribution in [1.29, 1.82) is 0 Å². The number of para-hydroxylation sites is 2. The van der Waals surface area contributed by atoms with Crippen molar-refractivity contribution < 1.29 is 0 Å². The third-order valence-electron chi connectivity index (χ3n) is 7.04. The molecule has 0 amide bonds. The van der Waals surface area contributed by atoms with Crippen molar-refractivity contribution in [2.75, 3.05) is 10.6 Å². The number of nitrogens with two attached hydrogens (primary N) is 1. The molecule has 198 valence electrons. The molecule has 6 rings (SSSR count). The number of nitrogen functional groups attached to an aromatic ring is 1. The fraction of sp³-hybridized carbons (Fsp3) is 0. The van der Waals surface area contributed by atoms with E-state index in [2.05, 4.69) is 138 Å². The molecule has 0 aliphatic carbocycles. The molecule has 0 spiro atoms. The van der Waals surface area contributed by atoms with Gasteiger partial charge in [0.2, 0.25) is 0 Å². The molecule has 3 nitrogen and oxygen atoms in total. The smallest absolute Gasteiger partial charge is 0.0702 e. The van der Waals surface area contributed by atoms with Crippen LogP contribution in [0.1, 0.15) is 5.56 Å². The highest BCUT2D eigenvalue weighted by Crippen LogP contribution is 2.34. The van der Waals surface area contributed by atoms with Crippen LogP contribution in [0.4, 0.5) is 17.1 Å². The van der Waals surface area contributed by atoms with Crippen LogP contribution in [0, 0.1) is 0 Å². The Balaban J connectivity index is 1.36. The quantitative estimate of drug-likeness (QED) is 0.206. The van der Waals surface area contributed by atoms with Gasteiger partial charge in [-0.1, -0.05) is 109 Å². The standard InChI is InChI=1S/C38H31N3/c39-34-25-23-33(24-26-34)32-21-19-31(20-22-32)30-17-15-29(16-18-30)28-38(37-14-8-3-9-27-40-37)41(35-10-4-1-5-11-35)36-12-6-2-7-13-36/h1-28,40H,39H2. The number of allylic oxidation sites excluding steroid dienone is 4. The molecule has 0 fully saturated rings. The van der Waals surface area contributed by atoms with Crippen LogP contribution in [0.5, 0.6) is 0 Å². The highest BCUT2D eigenvalue weighted by atomic mass is 15.2. The second-order valence-corrected chi connectivity index (χ2v) is 9.83. The maximum Gasteiger partial charge on any atom is 0.0702 e. The number of hydrogen-bond acceptors (Lipinski definition) is 3. The predicted octanol–water partition coefficient (Wildman–Crippen LogP) is 9.34. The van der Waals surface area contributed by atoms with E-state index in [4.69, 9.17) is 5.73 Å². The van der Waals surface area contributed by atoms with Crippen molar-refractivity contribution in [3.8, 4) is 22.3 Å². The number of hydrogen-bond donors (Lipinski definition) is 2. The van der Waals surface area contributed by atoms with Crippen LogP contribution < -0.4 is 16.0 Å². The number of rotatable bonds is 7. The van der Waals surface area contributed by atoms with E-state index in [1.807, 2.05) is 42.6 Å². The average Bonchev–Trinajstić information content (AvgIpc) is 3.32. The van der Waals surface area contributed by atoms with E-state index in [0.29, 0.717) is 0 Å². The van der Waals surface area contributed by atoms with E-state index in [9.17, 15) is 0 Å². The molecule has 0 atom stereocenters. The number of anilines is 3. The van der Waals surface area contributed by atoms with Crippen molar-refractivity contribution in [2.24, 2.45) is 0 Å². The lowest BCUT2D eigenvalue weighted by molar-refractivity contribution is 1.03. The van der Waals surface area contributed by atoms with Crippen molar-refractivity contribution in [3.05, 3.63) is 181 Å². The summed E-state index contributed by atoms with van der Waals surface area (Å²) in [6.07, 6.45) is 12.4. The van der Waals surface area contributed by atoms with Crippen LogP contribution in [-0.2, 0) is 0 Å². The van der Waals surface area contributed by atoms with Crippen molar-refractivity contribution in [1.82, 2.24) is 5.32 Å². The normalized spacial score (nSPS) is 12.8. The minimum Gasteiger partial charge on any atom is -0.399 e. The Kier molecular flexibility index (Phi) is 7.59. The molecule has 0 unspecified atom stereocenters. The Morgan fingerprint density at radius 2 is 1.02 bits per heavy atom. The van der Waals surface area contributed by atoms with Crippen LogP contribution >= 0.6 is 0 Å². The summed E-state index contributed by atoms with van der Waals surface area (Å²) in [6.45, 7) is 0. The SMILES string of the molecule is Nc1ccc(-c2ccc(-c3ccc(C=C(C4=CC=CC=CN4)N(c4ccccc4)c4ccccc4)cc3)cc2)cc1. The molecule has 3 heteroatoms. The summed E-state index contributed by atoms with van der Waals surface area (Å²) in [5.74, 6) is 0. The molecule has 1 heterocycles. The zero-order valence-electron chi connectivity index (χ0n) is 22.7. The van der Waals surface area contributed by atoms with E-state index in [1.165, 1.54) is 16.7 Å². The topological polar surface area (TPSA) is 41.3 Å². The van der Waals surface area contributed by atoms with Gasteiger partial charge in [0.15, 0.2) is 0 Å². The Labute approximate surface area is 241 Å². The zero-order valence-corrected chi connectivity index (χ0v) is 22.7. The molecule has 0 saturated heterocycles. The van der Waals surface area contributed by atoms with Crippen LogP contribution in [0.15, 0.2) is 175 Å². The molecule has 0 radical (unpaired) electrons. The van der Waals surface area contributed by atoms with Crippen LogP contribution in [0.3, 0.4) is 0 Å². The van der Waals surface area contributed by atoms with E-state index in [-0.39, 0.29) is 0 Å². The Hall–Kier alpha value is -5.54. The molecule has 5 aromatic carbocycles. The van der Waals surface area contributed by atoms with Gasteiger partial charge in [0.05, 0.1) is 11.4 Å². The first-order valence-corrected chi connectivity index (χ1v) is 13.7. The zero-order chi connectivity index (χ0) is 27.9. The number of nitrogens with one attached hydrogen (secondary N) is 1. The lowest BCUT2D eigenvalue weighted by Crippen LogP contribution is -2.22. The summed E-state index contributed by atoms with van der Waals surface area (Å²) in [4.78, 5) is 2.29. The summed E-state index contributed by atoms with van der Waals surface area (Å²) < 4.78 is 0. The van der Waals surface area contributed by atoms with Crippen molar-refractivity contribution >= 4 is 23.1 Å². The van der Waals surface area contributed by atoms with E-state index in [1.54, 1.807) is 0 Å². The van der Waals surface area contributed by atoms with Crippen LogP contribution in [-0.4, -0.2) is 0 Å². The molecular formula is C38H31N3. The molecule has 41 heavy (non-hydrogen) atoms. The second-order valence-electron chi connectivity index (χ2n) is 9.83. The van der Waals surface area contributed by atoms with Gasteiger partial charge in [-0.3, -0.25) is 0 Å². The highest BCUT2D eigenvalue weighted by Gasteiger charge is 2.18.